The Bertz CT molecular complexity index is 359. The zero-order chi connectivity index (χ0) is 12.1. The predicted octanol–water partition coefficient (Wildman–Crippen LogP) is 1.98. The van der Waals surface area contributed by atoms with E-state index in [1.807, 2.05) is 13.8 Å². The van der Waals surface area contributed by atoms with E-state index in [0.717, 1.165) is 0 Å². The summed E-state index contributed by atoms with van der Waals surface area (Å²) in [5.74, 6) is -1.09. The van der Waals surface area contributed by atoms with Crippen molar-refractivity contribution in [3.05, 3.63) is 22.4 Å². The van der Waals surface area contributed by atoms with Gasteiger partial charge in [0.25, 0.3) is 5.91 Å². The molecule has 4 nitrogen and oxygen atoms in total. The Morgan fingerprint density at radius 3 is 2.62 bits per heavy atom. The van der Waals surface area contributed by atoms with E-state index in [1.54, 1.807) is 16.8 Å². The summed E-state index contributed by atoms with van der Waals surface area (Å²) in [4.78, 5) is 22.6. The minimum atomic E-state index is -0.989. The van der Waals surface area contributed by atoms with Crippen LogP contribution in [0.2, 0.25) is 0 Å². The number of nitrogens with one attached hydrogen (secondary N) is 1. The van der Waals surface area contributed by atoms with Gasteiger partial charge < -0.3 is 10.4 Å². The summed E-state index contributed by atoms with van der Waals surface area (Å²) >= 11 is 1.41. The van der Waals surface area contributed by atoms with Crippen LogP contribution in [0.3, 0.4) is 0 Å². The minimum absolute atomic E-state index is 0.226. The minimum Gasteiger partial charge on any atom is -0.480 e. The SMILES string of the molecule is CC(C)C[C@@H](NC(=O)c1ccsc1)C(=O)O. The molecule has 1 heterocycles. The molecular weight excluding hydrogens is 226 g/mol. The molecule has 0 radical (unpaired) electrons. The van der Waals surface area contributed by atoms with Gasteiger partial charge in [-0.1, -0.05) is 13.8 Å². The van der Waals surface area contributed by atoms with Crippen LogP contribution in [0.1, 0.15) is 30.6 Å². The van der Waals surface area contributed by atoms with Gasteiger partial charge in [-0.15, -0.1) is 0 Å². The van der Waals surface area contributed by atoms with Gasteiger partial charge in [-0.2, -0.15) is 11.3 Å². The molecule has 0 aliphatic rings. The summed E-state index contributed by atoms with van der Waals surface area (Å²) in [6, 6.07) is 0.862. The molecule has 1 amide bonds. The summed E-state index contributed by atoms with van der Waals surface area (Å²) < 4.78 is 0. The molecule has 0 unspecified atom stereocenters. The van der Waals surface area contributed by atoms with Gasteiger partial charge >= 0.3 is 5.97 Å². The fourth-order valence-electron chi connectivity index (χ4n) is 1.33. The highest BCUT2D eigenvalue weighted by Gasteiger charge is 2.21. The maximum absolute atomic E-state index is 11.6. The standard InChI is InChI=1S/C11H15NO3S/c1-7(2)5-9(11(14)15)12-10(13)8-3-4-16-6-8/h3-4,6-7,9H,5H2,1-2H3,(H,12,13)(H,14,15)/t9-/m1/s1. The average Bonchev–Trinajstić information content (AvgIpc) is 2.68. The Balaban J connectivity index is 2.62. The van der Waals surface area contributed by atoms with Gasteiger partial charge in [0, 0.05) is 5.38 Å². The van der Waals surface area contributed by atoms with E-state index >= 15 is 0 Å². The van der Waals surface area contributed by atoms with Crippen LogP contribution >= 0.6 is 11.3 Å². The quantitative estimate of drug-likeness (QED) is 0.828. The second-order valence-corrected chi connectivity index (χ2v) is 4.79. The lowest BCUT2D eigenvalue weighted by Gasteiger charge is -2.15. The van der Waals surface area contributed by atoms with Crippen LogP contribution < -0.4 is 5.32 Å². The van der Waals surface area contributed by atoms with Crippen LogP contribution in [0, 0.1) is 5.92 Å². The second-order valence-electron chi connectivity index (χ2n) is 4.01. The molecule has 0 aromatic carbocycles. The van der Waals surface area contributed by atoms with Gasteiger partial charge in [0.1, 0.15) is 6.04 Å². The largest absolute Gasteiger partial charge is 0.480 e. The second kappa shape index (κ2) is 5.65. The van der Waals surface area contributed by atoms with Crippen molar-refractivity contribution in [3.63, 3.8) is 0 Å². The molecule has 1 atom stereocenters. The van der Waals surface area contributed by atoms with E-state index in [0.29, 0.717) is 12.0 Å². The van der Waals surface area contributed by atoms with Crippen LogP contribution in [0.15, 0.2) is 16.8 Å². The summed E-state index contributed by atoms with van der Waals surface area (Å²) in [5.41, 5.74) is 0.514. The molecule has 0 fully saturated rings. The Hall–Kier alpha value is -1.36. The zero-order valence-electron chi connectivity index (χ0n) is 9.27. The van der Waals surface area contributed by atoms with Gasteiger partial charge in [-0.05, 0) is 23.8 Å². The summed E-state index contributed by atoms with van der Waals surface area (Å²) in [5, 5.41) is 15.0. The van der Waals surface area contributed by atoms with Crippen molar-refractivity contribution in [2.24, 2.45) is 5.92 Å². The number of carbonyl (C=O) groups excluding carboxylic acids is 1. The Labute approximate surface area is 98.3 Å². The molecule has 5 heteroatoms. The molecule has 0 saturated heterocycles. The Morgan fingerprint density at radius 1 is 1.50 bits per heavy atom. The molecule has 1 rings (SSSR count). The molecular formula is C11H15NO3S. The van der Waals surface area contributed by atoms with Gasteiger partial charge in [-0.25, -0.2) is 4.79 Å². The highest BCUT2D eigenvalue weighted by Crippen LogP contribution is 2.09. The molecule has 0 bridgehead atoms. The molecule has 2 N–H and O–H groups in total. The number of thiophene rings is 1. The van der Waals surface area contributed by atoms with Gasteiger partial charge in [0.15, 0.2) is 0 Å². The first-order chi connectivity index (χ1) is 7.50. The third-order valence-electron chi connectivity index (χ3n) is 2.09. The van der Waals surface area contributed by atoms with E-state index < -0.39 is 12.0 Å². The molecule has 16 heavy (non-hydrogen) atoms. The summed E-state index contributed by atoms with van der Waals surface area (Å²) in [6.07, 6.45) is 0.436. The third kappa shape index (κ3) is 3.66. The zero-order valence-corrected chi connectivity index (χ0v) is 10.1. The van der Waals surface area contributed by atoms with Crippen molar-refractivity contribution in [1.82, 2.24) is 5.32 Å². The van der Waals surface area contributed by atoms with Crippen LogP contribution in [-0.4, -0.2) is 23.0 Å². The molecule has 0 saturated carbocycles. The number of carboxylic acid groups (broad SMARTS) is 1. The van der Waals surface area contributed by atoms with Crippen molar-refractivity contribution in [1.29, 1.82) is 0 Å². The lowest BCUT2D eigenvalue weighted by atomic mass is 10.0. The number of rotatable bonds is 5. The molecule has 1 aromatic heterocycles. The highest BCUT2D eigenvalue weighted by molar-refractivity contribution is 7.08. The van der Waals surface area contributed by atoms with Crippen molar-refractivity contribution >= 4 is 23.2 Å². The Kier molecular flexibility index (Phi) is 4.49. The maximum atomic E-state index is 11.6. The predicted molar refractivity (Wildman–Crippen MR) is 62.7 cm³/mol. The van der Waals surface area contributed by atoms with Gasteiger partial charge in [0.2, 0.25) is 0 Å². The number of aliphatic carboxylic acids is 1. The number of hydrogen-bond donors (Lipinski definition) is 2. The summed E-state index contributed by atoms with van der Waals surface area (Å²) in [7, 11) is 0. The molecule has 1 aromatic rings. The monoisotopic (exact) mass is 241 g/mol. The third-order valence-corrected chi connectivity index (χ3v) is 2.78. The van der Waals surface area contributed by atoms with Gasteiger partial charge in [0.05, 0.1) is 5.56 Å². The van der Waals surface area contributed by atoms with Crippen molar-refractivity contribution in [2.45, 2.75) is 26.3 Å². The van der Waals surface area contributed by atoms with Crippen LogP contribution in [0.4, 0.5) is 0 Å². The van der Waals surface area contributed by atoms with Crippen LogP contribution in [0.5, 0.6) is 0 Å². The number of carbonyl (C=O) groups is 2. The fourth-order valence-corrected chi connectivity index (χ4v) is 1.96. The topological polar surface area (TPSA) is 66.4 Å². The lowest BCUT2D eigenvalue weighted by Crippen LogP contribution is -2.41. The van der Waals surface area contributed by atoms with E-state index in [-0.39, 0.29) is 11.8 Å². The fraction of sp³-hybridized carbons (Fsp3) is 0.455. The van der Waals surface area contributed by atoms with Crippen molar-refractivity contribution in [2.75, 3.05) is 0 Å². The van der Waals surface area contributed by atoms with Crippen molar-refractivity contribution in [3.8, 4) is 0 Å². The lowest BCUT2D eigenvalue weighted by molar-refractivity contribution is -0.139. The van der Waals surface area contributed by atoms with E-state index in [4.69, 9.17) is 5.11 Å². The first-order valence-corrected chi connectivity index (χ1v) is 6.01. The van der Waals surface area contributed by atoms with E-state index in [2.05, 4.69) is 5.32 Å². The van der Waals surface area contributed by atoms with E-state index in [1.165, 1.54) is 11.3 Å². The first kappa shape index (κ1) is 12.7. The number of carboxylic acids is 1. The molecule has 88 valence electrons. The molecule has 0 aliphatic carbocycles. The number of hydrogen-bond acceptors (Lipinski definition) is 3. The maximum Gasteiger partial charge on any atom is 0.326 e. The smallest absolute Gasteiger partial charge is 0.326 e. The van der Waals surface area contributed by atoms with Crippen LogP contribution in [-0.2, 0) is 4.79 Å². The molecule has 0 spiro atoms. The highest BCUT2D eigenvalue weighted by atomic mass is 32.1. The first-order valence-electron chi connectivity index (χ1n) is 5.06. The van der Waals surface area contributed by atoms with Crippen molar-refractivity contribution < 1.29 is 14.7 Å². The Morgan fingerprint density at radius 2 is 2.19 bits per heavy atom. The van der Waals surface area contributed by atoms with Gasteiger partial charge in [-0.3, -0.25) is 4.79 Å². The molecule has 0 aliphatic heterocycles. The van der Waals surface area contributed by atoms with Crippen LogP contribution in [0.25, 0.3) is 0 Å². The normalized spacial score (nSPS) is 12.4. The average molecular weight is 241 g/mol. The van der Waals surface area contributed by atoms with E-state index in [9.17, 15) is 9.59 Å². The number of amides is 1. The summed E-state index contributed by atoms with van der Waals surface area (Å²) in [6.45, 7) is 3.85.